The van der Waals surface area contributed by atoms with Crippen LogP contribution < -0.4 is 0 Å². The highest BCUT2D eigenvalue weighted by atomic mass is 16.5. The van der Waals surface area contributed by atoms with Gasteiger partial charge in [0.2, 0.25) is 0 Å². The van der Waals surface area contributed by atoms with Crippen LogP contribution in [0.2, 0.25) is 0 Å². The van der Waals surface area contributed by atoms with Crippen molar-refractivity contribution in [1.29, 1.82) is 0 Å². The lowest BCUT2D eigenvalue weighted by molar-refractivity contribution is 0.0592. The number of carbonyl (C=O) groups is 1. The van der Waals surface area contributed by atoms with Gasteiger partial charge in [0.1, 0.15) is 0 Å². The minimum Gasteiger partial charge on any atom is -0.465 e. The van der Waals surface area contributed by atoms with Gasteiger partial charge in [0.25, 0.3) is 0 Å². The molecule has 0 spiro atoms. The predicted molar refractivity (Wildman–Crippen MR) is 57.6 cm³/mol. The third-order valence-electron chi connectivity index (χ3n) is 2.29. The summed E-state index contributed by atoms with van der Waals surface area (Å²) in [4.78, 5) is 11.4. The fraction of sp³-hybridized carbons (Fsp3) is 0.417. The number of esters is 1. The summed E-state index contributed by atoms with van der Waals surface area (Å²) in [5.74, 6) is -0.402. The van der Waals surface area contributed by atoms with Crippen molar-refractivity contribution in [3.05, 3.63) is 35.4 Å². The second kappa shape index (κ2) is 5.51. The molecular weight excluding hydrogens is 192 g/mol. The minimum atomic E-state index is -0.592. The molecule has 1 N–H and O–H groups in total. The van der Waals surface area contributed by atoms with Gasteiger partial charge in [-0.2, -0.15) is 0 Å². The van der Waals surface area contributed by atoms with Crippen molar-refractivity contribution >= 4 is 5.97 Å². The molecule has 15 heavy (non-hydrogen) atoms. The van der Waals surface area contributed by atoms with Gasteiger partial charge in [0, 0.05) is 0 Å². The molecule has 0 saturated heterocycles. The van der Waals surface area contributed by atoms with E-state index in [1.807, 2.05) is 6.92 Å². The SMILES string of the molecule is CCCC(O)c1ccccc1C(=O)OC. The molecule has 1 unspecified atom stereocenters. The molecule has 0 aliphatic carbocycles. The highest BCUT2D eigenvalue weighted by Crippen LogP contribution is 2.22. The van der Waals surface area contributed by atoms with Crippen LogP contribution in [-0.4, -0.2) is 18.2 Å². The van der Waals surface area contributed by atoms with E-state index < -0.39 is 12.1 Å². The first-order valence-electron chi connectivity index (χ1n) is 5.06. The Bertz CT molecular complexity index is 333. The summed E-state index contributed by atoms with van der Waals surface area (Å²) in [6.45, 7) is 1.99. The lowest BCUT2D eigenvalue weighted by Crippen LogP contribution is -2.08. The van der Waals surface area contributed by atoms with Crippen molar-refractivity contribution in [2.24, 2.45) is 0 Å². The summed E-state index contributed by atoms with van der Waals surface area (Å²) >= 11 is 0. The minimum absolute atomic E-state index is 0.402. The highest BCUT2D eigenvalue weighted by molar-refractivity contribution is 5.91. The Balaban J connectivity index is 3.00. The van der Waals surface area contributed by atoms with Crippen LogP contribution in [-0.2, 0) is 4.74 Å². The maximum atomic E-state index is 11.4. The maximum absolute atomic E-state index is 11.4. The van der Waals surface area contributed by atoms with Crippen LogP contribution in [0.3, 0.4) is 0 Å². The van der Waals surface area contributed by atoms with E-state index in [2.05, 4.69) is 4.74 Å². The molecule has 0 aliphatic rings. The second-order valence-corrected chi connectivity index (χ2v) is 3.38. The molecule has 1 atom stereocenters. The van der Waals surface area contributed by atoms with Crippen LogP contribution in [0.5, 0.6) is 0 Å². The summed E-state index contributed by atoms with van der Waals surface area (Å²) in [6.07, 6.45) is 0.926. The number of methoxy groups -OCH3 is 1. The van der Waals surface area contributed by atoms with E-state index in [1.54, 1.807) is 24.3 Å². The lowest BCUT2D eigenvalue weighted by Gasteiger charge is -2.13. The topological polar surface area (TPSA) is 46.5 Å². The van der Waals surface area contributed by atoms with Gasteiger partial charge in [-0.1, -0.05) is 31.5 Å². The lowest BCUT2D eigenvalue weighted by atomic mass is 9.99. The first-order valence-corrected chi connectivity index (χ1v) is 5.06. The number of carbonyl (C=O) groups excluding carboxylic acids is 1. The Kier molecular flexibility index (Phi) is 4.31. The summed E-state index contributed by atoms with van der Waals surface area (Å²) in [5, 5.41) is 9.84. The molecule has 0 heterocycles. The zero-order valence-corrected chi connectivity index (χ0v) is 9.06. The predicted octanol–water partition coefficient (Wildman–Crippen LogP) is 2.31. The van der Waals surface area contributed by atoms with Gasteiger partial charge < -0.3 is 9.84 Å². The second-order valence-electron chi connectivity index (χ2n) is 3.38. The van der Waals surface area contributed by atoms with E-state index >= 15 is 0 Å². The summed E-state index contributed by atoms with van der Waals surface area (Å²) in [6, 6.07) is 6.99. The summed E-state index contributed by atoms with van der Waals surface area (Å²) in [5.41, 5.74) is 1.09. The molecule has 82 valence electrons. The van der Waals surface area contributed by atoms with Crippen molar-refractivity contribution < 1.29 is 14.6 Å². The van der Waals surface area contributed by atoms with Crippen molar-refractivity contribution in [1.82, 2.24) is 0 Å². The molecule has 0 aromatic heterocycles. The third-order valence-corrected chi connectivity index (χ3v) is 2.29. The first-order chi connectivity index (χ1) is 7.20. The van der Waals surface area contributed by atoms with Crippen LogP contribution in [0, 0.1) is 0 Å². The van der Waals surface area contributed by atoms with Crippen molar-refractivity contribution in [3.63, 3.8) is 0 Å². The van der Waals surface area contributed by atoms with E-state index in [-0.39, 0.29) is 0 Å². The van der Waals surface area contributed by atoms with Crippen molar-refractivity contribution in [2.45, 2.75) is 25.9 Å². The third kappa shape index (κ3) is 2.80. The Morgan fingerprint density at radius 2 is 2.13 bits per heavy atom. The molecule has 3 heteroatoms. The fourth-order valence-corrected chi connectivity index (χ4v) is 1.51. The molecular formula is C12H16O3. The number of aliphatic hydroxyl groups excluding tert-OH is 1. The van der Waals surface area contributed by atoms with Crippen LogP contribution in [0.1, 0.15) is 41.8 Å². The maximum Gasteiger partial charge on any atom is 0.338 e. The van der Waals surface area contributed by atoms with Gasteiger partial charge in [0.05, 0.1) is 18.8 Å². The molecule has 1 aromatic rings. The number of aliphatic hydroxyl groups is 1. The van der Waals surface area contributed by atoms with Gasteiger partial charge in [0.15, 0.2) is 0 Å². The molecule has 0 saturated carbocycles. The van der Waals surface area contributed by atoms with Crippen LogP contribution >= 0.6 is 0 Å². The highest BCUT2D eigenvalue weighted by Gasteiger charge is 2.16. The Hall–Kier alpha value is -1.35. The Morgan fingerprint density at radius 3 is 2.73 bits per heavy atom. The van der Waals surface area contributed by atoms with Crippen molar-refractivity contribution in [2.75, 3.05) is 7.11 Å². The molecule has 0 bridgehead atoms. The fourth-order valence-electron chi connectivity index (χ4n) is 1.51. The van der Waals surface area contributed by atoms with Crippen LogP contribution in [0.25, 0.3) is 0 Å². The molecule has 0 aliphatic heterocycles. The summed E-state index contributed by atoms with van der Waals surface area (Å²) < 4.78 is 4.66. The Labute approximate surface area is 89.7 Å². The van der Waals surface area contributed by atoms with Gasteiger partial charge in [-0.05, 0) is 18.1 Å². The molecule has 0 radical (unpaired) electrons. The Morgan fingerprint density at radius 1 is 1.47 bits per heavy atom. The molecule has 3 nitrogen and oxygen atoms in total. The van der Waals surface area contributed by atoms with E-state index in [0.717, 1.165) is 6.42 Å². The van der Waals surface area contributed by atoms with Crippen LogP contribution in [0.4, 0.5) is 0 Å². The summed E-state index contributed by atoms with van der Waals surface area (Å²) in [7, 11) is 1.34. The standard InChI is InChI=1S/C12H16O3/c1-3-6-11(13)9-7-4-5-8-10(9)12(14)15-2/h4-5,7-8,11,13H,3,6H2,1-2H3. The molecule has 0 amide bonds. The van der Waals surface area contributed by atoms with Gasteiger partial charge >= 0.3 is 5.97 Å². The van der Waals surface area contributed by atoms with Gasteiger partial charge in [-0.15, -0.1) is 0 Å². The molecule has 1 rings (SSSR count). The average Bonchev–Trinajstić information content (AvgIpc) is 2.28. The average molecular weight is 208 g/mol. The zero-order chi connectivity index (χ0) is 11.3. The number of ether oxygens (including phenoxy) is 1. The van der Waals surface area contributed by atoms with E-state index in [9.17, 15) is 9.90 Å². The number of benzene rings is 1. The van der Waals surface area contributed by atoms with E-state index in [1.165, 1.54) is 7.11 Å². The van der Waals surface area contributed by atoms with Gasteiger partial charge in [-0.3, -0.25) is 0 Å². The van der Waals surface area contributed by atoms with E-state index in [4.69, 9.17) is 0 Å². The largest absolute Gasteiger partial charge is 0.465 e. The van der Waals surface area contributed by atoms with E-state index in [0.29, 0.717) is 17.5 Å². The normalized spacial score (nSPS) is 12.2. The zero-order valence-electron chi connectivity index (χ0n) is 9.06. The molecule has 0 fully saturated rings. The number of hydrogen-bond donors (Lipinski definition) is 1. The monoisotopic (exact) mass is 208 g/mol. The number of rotatable bonds is 4. The molecule has 1 aromatic carbocycles. The first kappa shape index (κ1) is 11.7. The number of hydrogen-bond acceptors (Lipinski definition) is 3. The quantitative estimate of drug-likeness (QED) is 0.772. The van der Waals surface area contributed by atoms with Crippen LogP contribution in [0.15, 0.2) is 24.3 Å². The van der Waals surface area contributed by atoms with Gasteiger partial charge in [-0.25, -0.2) is 4.79 Å². The van der Waals surface area contributed by atoms with Crippen molar-refractivity contribution in [3.8, 4) is 0 Å². The smallest absolute Gasteiger partial charge is 0.338 e.